The SMILES string of the molecule is N#Cc1cccc(NC(=O)COC(=O)c2ccc(N)cc2F)c1. The van der Waals surface area contributed by atoms with Crippen molar-refractivity contribution in [3.05, 3.63) is 59.4 Å². The van der Waals surface area contributed by atoms with Gasteiger partial charge in [0.15, 0.2) is 6.61 Å². The summed E-state index contributed by atoms with van der Waals surface area (Å²) in [5.74, 6) is -2.40. The van der Waals surface area contributed by atoms with Crippen LogP contribution in [0.15, 0.2) is 42.5 Å². The first-order valence-electron chi connectivity index (χ1n) is 6.52. The molecule has 0 unspecified atom stereocenters. The Morgan fingerprint density at radius 2 is 2.04 bits per heavy atom. The van der Waals surface area contributed by atoms with E-state index in [-0.39, 0.29) is 11.3 Å². The zero-order chi connectivity index (χ0) is 16.8. The molecule has 0 aromatic heterocycles. The Morgan fingerprint density at radius 1 is 1.26 bits per heavy atom. The van der Waals surface area contributed by atoms with Gasteiger partial charge in [-0.3, -0.25) is 4.79 Å². The van der Waals surface area contributed by atoms with E-state index in [1.54, 1.807) is 18.2 Å². The highest BCUT2D eigenvalue weighted by atomic mass is 19.1. The van der Waals surface area contributed by atoms with Crippen LogP contribution in [0.3, 0.4) is 0 Å². The largest absolute Gasteiger partial charge is 0.452 e. The lowest BCUT2D eigenvalue weighted by molar-refractivity contribution is -0.119. The molecule has 0 aliphatic rings. The van der Waals surface area contributed by atoms with Crippen LogP contribution >= 0.6 is 0 Å². The van der Waals surface area contributed by atoms with E-state index in [0.29, 0.717) is 11.3 Å². The number of benzene rings is 2. The van der Waals surface area contributed by atoms with Gasteiger partial charge in [-0.05, 0) is 36.4 Å². The van der Waals surface area contributed by atoms with Crippen LogP contribution in [0, 0.1) is 17.1 Å². The normalized spacial score (nSPS) is 9.74. The van der Waals surface area contributed by atoms with E-state index in [4.69, 9.17) is 15.7 Å². The summed E-state index contributed by atoms with van der Waals surface area (Å²) in [4.78, 5) is 23.4. The van der Waals surface area contributed by atoms with Crippen LogP contribution in [0.1, 0.15) is 15.9 Å². The molecule has 0 saturated heterocycles. The minimum Gasteiger partial charge on any atom is -0.452 e. The van der Waals surface area contributed by atoms with Crippen molar-refractivity contribution in [2.24, 2.45) is 0 Å². The monoisotopic (exact) mass is 313 g/mol. The fourth-order valence-corrected chi connectivity index (χ4v) is 1.77. The van der Waals surface area contributed by atoms with Gasteiger partial charge in [0.05, 0.1) is 17.2 Å². The van der Waals surface area contributed by atoms with E-state index in [1.807, 2.05) is 6.07 Å². The molecule has 1 amide bonds. The van der Waals surface area contributed by atoms with Crippen LogP contribution in [-0.4, -0.2) is 18.5 Å². The molecule has 2 rings (SSSR count). The van der Waals surface area contributed by atoms with Crippen molar-refractivity contribution in [3.63, 3.8) is 0 Å². The number of hydrogen-bond acceptors (Lipinski definition) is 5. The predicted octanol–water partition coefficient (Wildman–Crippen LogP) is 2.08. The number of halogens is 1. The molecule has 0 fully saturated rings. The second-order valence-electron chi connectivity index (χ2n) is 4.56. The molecule has 0 saturated carbocycles. The van der Waals surface area contributed by atoms with Gasteiger partial charge in [0.2, 0.25) is 0 Å². The molecule has 2 aromatic carbocycles. The molecule has 0 radical (unpaired) electrons. The maximum Gasteiger partial charge on any atom is 0.341 e. The van der Waals surface area contributed by atoms with Gasteiger partial charge in [0, 0.05) is 11.4 Å². The number of anilines is 2. The van der Waals surface area contributed by atoms with Crippen molar-refractivity contribution in [1.82, 2.24) is 0 Å². The summed E-state index contributed by atoms with van der Waals surface area (Å²) in [6.07, 6.45) is 0. The smallest absolute Gasteiger partial charge is 0.341 e. The second-order valence-corrected chi connectivity index (χ2v) is 4.56. The van der Waals surface area contributed by atoms with E-state index >= 15 is 0 Å². The highest BCUT2D eigenvalue weighted by Crippen LogP contribution is 2.13. The van der Waals surface area contributed by atoms with Crippen molar-refractivity contribution in [3.8, 4) is 6.07 Å². The van der Waals surface area contributed by atoms with Crippen molar-refractivity contribution in [2.75, 3.05) is 17.7 Å². The van der Waals surface area contributed by atoms with Crippen molar-refractivity contribution < 1.29 is 18.7 Å². The average molecular weight is 313 g/mol. The third-order valence-electron chi connectivity index (χ3n) is 2.82. The summed E-state index contributed by atoms with van der Waals surface area (Å²) in [5, 5.41) is 11.2. The van der Waals surface area contributed by atoms with Crippen LogP contribution in [0.4, 0.5) is 15.8 Å². The van der Waals surface area contributed by atoms with Crippen molar-refractivity contribution in [1.29, 1.82) is 5.26 Å². The molecule has 0 atom stereocenters. The topological polar surface area (TPSA) is 105 Å². The zero-order valence-electron chi connectivity index (χ0n) is 11.9. The number of ether oxygens (including phenoxy) is 1. The van der Waals surface area contributed by atoms with Gasteiger partial charge in [0.1, 0.15) is 5.82 Å². The van der Waals surface area contributed by atoms with Gasteiger partial charge < -0.3 is 15.8 Å². The Balaban J connectivity index is 1.93. The van der Waals surface area contributed by atoms with Gasteiger partial charge in [-0.1, -0.05) is 6.07 Å². The van der Waals surface area contributed by atoms with Crippen molar-refractivity contribution >= 4 is 23.3 Å². The van der Waals surface area contributed by atoms with Crippen LogP contribution in [0.25, 0.3) is 0 Å². The molecular weight excluding hydrogens is 301 g/mol. The molecule has 0 aliphatic heterocycles. The predicted molar refractivity (Wildman–Crippen MR) is 80.9 cm³/mol. The number of carbonyl (C=O) groups is 2. The molecule has 0 bridgehead atoms. The molecular formula is C16H12FN3O3. The minimum absolute atomic E-state index is 0.175. The Hall–Kier alpha value is -3.40. The standard InChI is InChI=1S/C16H12FN3O3/c17-14-7-11(19)4-5-13(14)16(22)23-9-15(21)20-12-3-1-2-10(6-12)8-18/h1-7H,9,19H2,(H,20,21). The third-order valence-corrected chi connectivity index (χ3v) is 2.82. The van der Waals surface area contributed by atoms with Crippen molar-refractivity contribution in [2.45, 2.75) is 0 Å². The number of nitrogens with zero attached hydrogens (tertiary/aromatic N) is 1. The lowest BCUT2D eigenvalue weighted by Gasteiger charge is -2.07. The van der Waals surface area contributed by atoms with Crippen LogP contribution in [-0.2, 0) is 9.53 Å². The minimum atomic E-state index is -0.969. The summed E-state index contributed by atoms with van der Waals surface area (Å²) in [6, 6.07) is 11.7. The van der Waals surface area contributed by atoms with Crippen LogP contribution < -0.4 is 11.1 Å². The number of esters is 1. The summed E-state index contributed by atoms with van der Waals surface area (Å²) in [5.41, 5.74) is 6.02. The molecule has 0 heterocycles. The Bertz CT molecular complexity index is 799. The van der Waals surface area contributed by atoms with E-state index < -0.39 is 24.3 Å². The Morgan fingerprint density at radius 3 is 2.74 bits per heavy atom. The Kier molecular flexibility index (Phi) is 4.89. The lowest BCUT2D eigenvalue weighted by atomic mass is 10.2. The highest BCUT2D eigenvalue weighted by Gasteiger charge is 2.15. The zero-order valence-corrected chi connectivity index (χ0v) is 11.9. The second kappa shape index (κ2) is 7.04. The lowest BCUT2D eigenvalue weighted by Crippen LogP contribution is -2.21. The molecule has 3 N–H and O–H groups in total. The fourth-order valence-electron chi connectivity index (χ4n) is 1.77. The molecule has 2 aromatic rings. The van der Waals surface area contributed by atoms with Gasteiger partial charge in [-0.2, -0.15) is 5.26 Å². The van der Waals surface area contributed by atoms with E-state index in [9.17, 15) is 14.0 Å². The molecule has 23 heavy (non-hydrogen) atoms. The number of nitrogens with one attached hydrogen (secondary N) is 1. The third kappa shape index (κ3) is 4.28. The van der Waals surface area contributed by atoms with E-state index in [1.165, 1.54) is 18.2 Å². The molecule has 0 aliphatic carbocycles. The molecule has 6 nitrogen and oxygen atoms in total. The Labute approximate surface area is 131 Å². The molecule has 0 spiro atoms. The maximum atomic E-state index is 13.5. The number of amides is 1. The number of nitrogen functional groups attached to an aromatic ring is 1. The number of nitrogens with two attached hydrogens (primary N) is 1. The summed E-state index contributed by atoms with van der Waals surface area (Å²) < 4.78 is 18.3. The molecule has 116 valence electrons. The van der Waals surface area contributed by atoms with E-state index in [0.717, 1.165) is 6.07 Å². The number of hydrogen-bond donors (Lipinski definition) is 2. The van der Waals surface area contributed by atoms with Gasteiger partial charge >= 0.3 is 5.97 Å². The number of carbonyl (C=O) groups excluding carboxylic acids is 2. The maximum absolute atomic E-state index is 13.5. The first kappa shape index (κ1) is 16.0. The van der Waals surface area contributed by atoms with Gasteiger partial charge in [-0.25, -0.2) is 9.18 Å². The average Bonchev–Trinajstić information content (AvgIpc) is 2.53. The number of nitriles is 1. The highest BCUT2D eigenvalue weighted by molar-refractivity contribution is 5.95. The summed E-state index contributed by atoms with van der Waals surface area (Å²) in [6.45, 7) is -0.584. The first-order valence-corrected chi connectivity index (χ1v) is 6.52. The molecule has 7 heteroatoms. The quantitative estimate of drug-likeness (QED) is 0.664. The summed E-state index contributed by atoms with van der Waals surface area (Å²) in [7, 11) is 0. The number of rotatable bonds is 4. The van der Waals surface area contributed by atoms with E-state index in [2.05, 4.69) is 5.32 Å². The van der Waals surface area contributed by atoms with Gasteiger partial charge in [0.25, 0.3) is 5.91 Å². The fraction of sp³-hybridized carbons (Fsp3) is 0.0625. The van der Waals surface area contributed by atoms with Gasteiger partial charge in [-0.15, -0.1) is 0 Å². The van der Waals surface area contributed by atoms with Crippen LogP contribution in [0.2, 0.25) is 0 Å². The first-order chi connectivity index (χ1) is 11.0. The summed E-state index contributed by atoms with van der Waals surface area (Å²) >= 11 is 0. The van der Waals surface area contributed by atoms with Crippen LogP contribution in [0.5, 0.6) is 0 Å².